The maximum atomic E-state index is 13.4. The molecule has 2 rings (SSSR count). The second-order valence-electron chi connectivity index (χ2n) is 4.23. The van der Waals surface area contributed by atoms with Crippen molar-refractivity contribution in [1.82, 2.24) is 15.1 Å². The number of anilines is 1. The number of halogens is 2. The van der Waals surface area contributed by atoms with Crippen LogP contribution in [0.2, 0.25) is 0 Å². The molecule has 0 saturated carbocycles. The number of rotatable bonds is 4. The minimum atomic E-state index is -0.569. The Bertz CT molecular complexity index is 539. The van der Waals surface area contributed by atoms with E-state index in [1.54, 1.807) is 6.07 Å². The predicted molar refractivity (Wildman–Crippen MR) is 64.5 cm³/mol. The van der Waals surface area contributed by atoms with Gasteiger partial charge in [-0.3, -0.25) is 10.00 Å². The first-order valence-electron chi connectivity index (χ1n) is 5.47. The molecule has 1 aromatic carbocycles. The van der Waals surface area contributed by atoms with Crippen LogP contribution in [0, 0.1) is 11.6 Å². The van der Waals surface area contributed by atoms with Crippen molar-refractivity contribution in [2.45, 2.75) is 13.1 Å². The van der Waals surface area contributed by atoms with Crippen LogP contribution in [0.15, 0.2) is 24.3 Å². The maximum absolute atomic E-state index is 13.4. The van der Waals surface area contributed by atoms with Crippen LogP contribution in [0.4, 0.5) is 14.6 Å². The molecule has 0 aliphatic heterocycles. The Labute approximate surface area is 103 Å². The lowest BCUT2D eigenvalue weighted by Gasteiger charge is -2.15. The molecule has 0 radical (unpaired) electrons. The van der Waals surface area contributed by atoms with Gasteiger partial charge in [-0.15, -0.1) is 0 Å². The van der Waals surface area contributed by atoms with Gasteiger partial charge in [0.15, 0.2) is 0 Å². The third kappa shape index (κ3) is 3.04. The first kappa shape index (κ1) is 12.5. The lowest BCUT2D eigenvalue weighted by Crippen LogP contribution is -2.18. The van der Waals surface area contributed by atoms with E-state index in [0.717, 1.165) is 11.8 Å². The number of nitrogens with two attached hydrogens (primary N) is 1. The zero-order valence-corrected chi connectivity index (χ0v) is 9.95. The molecule has 0 bridgehead atoms. The zero-order chi connectivity index (χ0) is 13.1. The summed E-state index contributed by atoms with van der Waals surface area (Å²) in [6.45, 7) is 0.937. The number of nitrogens with one attached hydrogen (secondary N) is 1. The van der Waals surface area contributed by atoms with Crippen LogP contribution in [0.25, 0.3) is 0 Å². The lowest BCUT2D eigenvalue weighted by atomic mass is 10.2. The van der Waals surface area contributed by atoms with E-state index in [1.807, 2.05) is 11.9 Å². The fraction of sp³-hybridized carbons (Fsp3) is 0.250. The highest BCUT2D eigenvalue weighted by Crippen LogP contribution is 2.13. The third-order valence-electron chi connectivity index (χ3n) is 2.55. The molecule has 0 amide bonds. The van der Waals surface area contributed by atoms with Crippen molar-refractivity contribution >= 4 is 5.82 Å². The number of hydrogen-bond donors (Lipinski definition) is 2. The van der Waals surface area contributed by atoms with E-state index in [0.29, 0.717) is 24.5 Å². The molecule has 0 fully saturated rings. The Hall–Kier alpha value is -1.95. The van der Waals surface area contributed by atoms with Crippen molar-refractivity contribution in [2.75, 3.05) is 12.8 Å². The maximum Gasteiger partial charge on any atom is 0.145 e. The third-order valence-corrected chi connectivity index (χ3v) is 2.55. The molecule has 0 atom stereocenters. The van der Waals surface area contributed by atoms with Gasteiger partial charge in [0.2, 0.25) is 0 Å². The van der Waals surface area contributed by atoms with Gasteiger partial charge in [-0.25, -0.2) is 8.78 Å². The number of aromatic amines is 1. The highest BCUT2D eigenvalue weighted by Gasteiger charge is 2.08. The van der Waals surface area contributed by atoms with Gasteiger partial charge in [0.05, 0.1) is 5.69 Å². The van der Waals surface area contributed by atoms with Crippen molar-refractivity contribution in [3.8, 4) is 0 Å². The smallest absolute Gasteiger partial charge is 0.145 e. The van der Waals surface area contributed by atoms with Crippen LogP contribution < -0.4 is 5.73 Å². The molecule has 18 heavy (non-hydrogen) atoms. The molecule has 1 heterocycles. The van der Waals surface area contributed by atoms with E-state index in [2.05, 4.69) is 10.2 Å². The van der Waals surface area contributed by atoms with Crippen LogP contribution in [0.5, 0.6) is 0 Å². The molecule has 2 aromatic rings. The van der Waals surface area contributed by atoms with E-state index in [1.165, 1.54) is 12.1 Å². The number of H-pyrrole nitrogens is 1. The molecule has 0 saturated heterocycles. The molecule has 1 aromatic heterocycles. The SMILES string of the molecule is CN(Cc1cc(N)n[nH]1)Cc1ccc(F)cc1F. The van der Waals surface area contributed by atoms with Gasteiger partial charge in [-0.05, 0) is 13.1 Å². The number of hydrogen-bond acceptors (Lipinski definition) is 3. The van der Waals surface area contributed by atoms with Crippen LogP contribution in [-0.4, -0.2) is 22.1 Å². The van der Waals surface area contributed by atoms with Crippen molar-refractivity contribution in [3.05, 3.63) is 47.2 Å². The Morgan fingerprint density at radius 2 is 2.06 bits per heavy atom. The molecule has 0 unspecified atom stereocenters. The number of nitrogens with zero attached hydrogens (tertiary/aromatic N) is 2. The molecule has 3 N–H and O–H groups in total. The quantitative estimate of drug-likeness (QED) is 0.873. The van der Waals surface area contributed by atoms with Gasteiger partial charge in [0.1, 0.15) is 17.5 Å². The van der Waals surface area contributed by atoms with Crippen LogP contribution in [-0.2, 0) is 13.1 Å². The summed E-state index contributed by atoms with van der Waals surface area (Å²) in [7, 11) is 1.83. The average Bonchev–Trinajstić information content (AvgIpc) is 2.68. The molecule has 0 aliphatic carbocycles. The topological polar surface area (TPSA) is 57.9 Å². The first-order valence-corrected chi connectivity index (χ1v) is 5.47. The molecule has 6 heteroatoms. The van der Waals surface area contributed by atoms with E-state index >= 15 is 0 Å². The van der Waals surface area contributed by atoms with Gasteiger partial charge >= 0.3 is 0 Å². The Morgan fingerprint density at radius 1 is 1.28 bits per heavy atom. The molecule has 96 valence electrons. The fourth-order valence-corrected chi connectivity index (χ4v) is 1.75. The summed E-state index contributed by atoms with van der Waals surface area (Å²) in [5, 5.41) is 6.58. The molecule has 4 nitrogen and oxygen atoms in total. The highest BCUT2D eigenvalue weighted by atomic mass is 19.1. The summed E-state index contributed by atoms with van der Waals surface area (Å²) in [6, 6.07) is 5.30. The monoisotopic (exact) mass is 252 g/mol. The predicted octanol–water partition coefficient (Wildman–Crippen LogP) is 1.90. The van der Waals surface area contributed by atoms with Crippen LogP contribution in [0.3, 0.4) is 0 Å². The van der Waals surface area contributed by atoms with Crippen molar-refractivity contribution in [1.29, 1.82) is 0 Å². The summed E-state index contributed by atoms with van der Waals surface area (Å²) in [6.07, 6.45) is 0. The van der Waals surface area contributed by atoms with Crippen molar-refractivity contribution in [2.24, 2.45) is 0 Å². The van der Waals surface area contributed by atoms with E-state index in [9.17, 15) is 8.78 Å². The molecule has 0 aliphatic rings. The van der Waals surface area contributed by atoms with E-state index < -0.39 is 11.6 Å². The zero-order valence-electron chi connectivity index (χ0n) is 9.95. The van der Waals surface area contributed by atoms with Gasteiger partial charge < -0.3 is 5.73 Å². The minimum Gasteiger partial charge on any atom is -0.382 e. The summed E-state index contributed by atoms with van der Waals surface area (Å²) < 4.78 is 26.2. The van der Waals surface area contributed by atoms with Gasteiger partial charge in [-0.1, -0.05) is 6.07 Å². The Morgan fingerprint density at radius 3 is 2.67 bits per heavy atom. The number of aromatic nitrogens is 2. The molecular weight excluding hydrogens is 238 g/mol. The van der Waals surface area contributed by atoms with Crippen LogP contribution in [0.1, 0.15) is 11.3 Å². The average molecular weight is 252 g/mol. The summed E-state index contributed by atoms with van der Waals surface area (Å²) in [5.41, 5.74) is 6.78. The van der Waals surface area contributed by atoms with Gasteiger partial charge in [0.25, 0.3) is 0 Å². The number of benzene rings is 1. The van der Waals surface area contributed by atoms with E-state index in [4.69, 9.17) is 5.73 Å². The first-order chi connectivity index (χ1) is 8.54. The van der Waals surface area contributed by atoms with Crippen molar-refractivity contribution in [3.63, 3.8) is 0 Å². The molecule has 0 spiro atoms. The largest absolute Gasteiger partial charge is 0.382 e. The summed E-state index contributed by atoms with van der Waals surface area (Å²) in [5.74, 6) is -0.683. The van der Waals surface area contributed by atoms with Crippen LogP contribution >= 0.6 is 0 Å². The van der Waals surface area contributed by atoms with Gasteiger partial charge in [-0.2, -0.15) is 5.10 Å². The highest BCUT2D eigenvalue weighted by molar-refractivity contribution is 5.28. The minimum absolute atomic E-state index is 0.380. The normalized spacial score (nSPS) is 11.1. The second-order valence-corrected chi connectivity index (χ2v) is 4.23. The molecular formula is C12H14F2N4. The Balaban J connectivity index is 2.00. The lowest BCUT2D eigenvalue weighted by molar-refractivity contribution is 0.309. The van der Waals surface area contributed by atoms with E-state index in [-0.39, 0.29) is 0 Å². The number of nitrogen functional groups attached to an aromatic ring is 1. The van der Waals surface area contributed by atoms with Crippen molar-refractivity contribution < 1.29 is 8.78 Å². The fourth-order valence-electron chi connectivity index (χ4n) is 1.75. The summed E-state index contributed by atoms with van der Waals surface area (Å²) in [4.78, 5) is 1.88. The Kier molecular flexibility index (Phi) is 3.57. The van der Waals surface area contributed by atoms with Gasteiger partial charge in [0, 0.05) is 30.8 Å². The second kappa shape index (κ2) is 5.14. The standard InChI is InChI=1S/C12H14F2N4/c1-18(7-10-5-12(15)17-16-10)6-8-2-3-9(13)4-11(8)14/h2-5H,6-7H2,1H3,(H3,15,16,17). The summed E-state index contributed by atoms with van der Waals surface area (Å²) >= 11 is 0.